The topological polar surface area (TPSA) is 26.3 Å². The molecule has 2 nitrogen and oxygen atoms in total. The molecule has 0 aromatic heterocycles. The molecule has 0 N–H and O–H groups in total. The van der Waals surface area contributed by atoms with E-state index < -0.39 is 0 Å². The summed E-state index contributed by atoms with van der Waals surface area (Å²) in [4.78, 5) is 10.6. The Bertz CT molecular complexity index is 103. The lowest BCUT2D eigenvalue weighted by molar-refractivity contribution is -0.145. The van der Waals surface area contributed by atoms with Crippen LogP contribution >= 0.6 is 22.6 Å². The summed E-state index contributed by atoms with van der Waals surface area (Å²) in [7, 11) is 0. The predicted molar refractivity (Wildman–Crippen MR) is 38.0 cm³/mol. The maximum Gasteiger partial charge on any atom is 0.318 e. The van der Waals surface area contributed by atoms with E-state index in [-0.39, 0.29) is 9.89 Å². The van der Waals surface area contributed by atoms with Gasteiger partial charge in [-0.15, -0.1) is 0 Å². The van der Waals surface area contributed by atoms with Crippen LogP contribution in [0.5, 0.6) is 0 Å². The largest absolute Gasteiger partial charge is 0.465 e. The minimum atomic E-state index is -0.0446. The smallest absolute Gasteiger partial charge is 0.318 e. The molecule has 1 rings (SSSR count). The summed E-state index contributed by atoms with van der Waals surface area (Å²) in [6.45, 7) is 0.623. The van der Waals surface area contributed by atoms with Gasteiger partial charge in [-0.05, 0) is 12.8 Å². The van der Waals surface area contributed by atoms with Gasteiger partial charge in [0.25, 0.3) is 0 Å². The summed E-state index contributed by atoms with van der Waals surface area (Å²) in [6, 6.07) is 0. The van der Waals surface area contributed by atoms with E-state index in [9.17, 15) is 4.79 Å². The fourth-order valence-corrected chi connectivity index (χ4v) is 1.26. The van der Waals surface area contributed by atoms with Crippen molar-refractivity contribution in [3.63, 3.8) is 0 Å². The van der Waals surface area contributed by atoms with E-state index in [4.69, 9.17) is 4.74 Å². The molecule has 0 spiro atoms. The van der Waals surface area contributed by atoms with Gasteiger partial charge in [-0.25, -0.2) is 0 Å². The molecule has 1 heterocycles. The molecule has 1 aliphatic rings. The van der Waals surface area contributed by atoms with E-state index in [0.717, 1.165) is 12.8 Å². The van der Waals surface area contributed by atoms with Gasteiger partial charge in [0.15, 0.2) is 0 Å². The Morgan fingerprint density at radius 2 is 2.50 bits per heavy atom. The Balaban J connectivity index is 2.39. The molecular weight excluding hydrogens is 219 g/mol. The van der Waals surface area contributed by atoms with Gasteiger partial charge in [-0.3, -0.25) is 4.79 Å². The van der Waals surface area contributed by atoms with Gasteiger partial charge < -0.3 is 4.74 Å². The Morgan fingerprint density at radius 1 is 1.75 bits per heavy atom. The SMILES string of the molecule is O=C1OCCCC1I. The van der Waals surface area contributed by atoms with Crippen molar-refractivity contribution >= 4 is 28.6 Å². The van der Waals surface area contributed by atoms with Crippen LogP contribution in [0.3, 0.4) is 0 Å². The summed E-state index contributed by atoms with van der Waals surface area (Å²) in [5, 5.41) is 0. The molecule has 0 radical (unpaired) electrons. The minimum Gasteiger partial charge on any atom is -0.465 e. The molecule has 0 aliphatic carbocycles. The van der Waals surface area contributed by atoms with Crippen molar-refractivity contribution in [2.45, 2.75) is 16.8 Å². The molecule has 1 aliphatic heterocycles. The fraction of sp³-hybridized carbons (Fsp3) is 0.800. The lowest BCUT2D eigenvalue weighted by Gasteiger charge is -2.14. The predicted octanol–water partition coefficient (Wildman–Crippen LogP) is 1.13. The lowest BCUT2D eigenvalue weighted by Crippen LogP contribution is -2.23. The zero-order valence-corrected chi connectivity index (χ0v) is 6.55. The number of rotatable bonds is 0. The first-order chi connectivity index (χ1) is 3.80. The van der Waals surface area contributed by atoms with Crippen molar-refractivity contribution in [3.05, 3.63) is 0 Å². The maximum atomic E-state index is 10.6. The molecular formula is C5H7IO2. The van der Waals surface area contributed by atoms with Crippen molar-refractivity contribution in [1.29, 1.82) is 0 Å². The first-order valence-electron chi connectivity index (χ1n) is 2.61. The van der Waals surface area contributed by atoms with Crippen LogP contribution in [0.2, 0.25) is 0 Å². The van der Waals surface area contributed by atoms with Crippen molar-refractivity contribution in [3.8, 4) is 0 Å². The van der Waals surface area contributed by atoms with E-state index in [1.165, 1.54) is 0 Å². The van der Waals surface area contributed by atoms with Gasteiger partial charge in [0.05, 0.1) is 6.61 Å². The van der Waals surface area contributed by atoms with E-state index in [0.29, 0.717) is 6.61 Å². The van der Waals surface area contributed by atoms with Crippen LogP contribution in [0.25, 0.3) is 0 Å². The Kier molecular flexibility index (Phi) is 2.10. The molecule has 0 amide bonds. The molecule has 0 aromatic carbocycles. The number of carbonyl (C=O) groups is 1. The number of cyclic esters (lactones) is 1. The Labute approximate surface area is 61.7 Å². The lowest BCUT2D eigenvalue weighted by atomic mass is 10.2. The molecule has 3 heteroatoms. The van der Waals surface area contributed by atoms with Crippen LogP contribution in [0, 0.1) is 0 Å². The average molecular weight is 226 g/mol. The highest BCUT2D eigenvalue weighted by Crippen LogP contribution is 2.15. The summed E-state index contributed by atoms with van der Waals surface area (Å²) in [5.41, 5.74) is 0. The molecule has 0 aromatic rings. The van der Waals surface area contributed by atoms with Crippen LogP contribution in [0.4, 0.5) is 0 Å². The van der Waals surface area contributed by atoms with Crippen LogP contribution in [-0.4, -0.2) is 16.5 Å². The first kappa shape index (κ1) is 6.32. The summed E-state index contributed by atoms with van der Waals surface area (Å²) >= 11 is 2.11. The quantitative estimate of drug-likeness (QED) is 0.351. The van der Waals surface area contributed by atoms with Crippen LogP contribution in [0.15, 0.2) is 0 Å². The van der Waals surface area contributed by atoms with Crippen molar-refractivity contribution < 1.29 is 9.53 Å². The molecule has 8 heavy (non-hydrogen) atoms. The minimum absolute atomic E-state index is 0.0446. The van der Waals surface area contributed by atoms with E-state index in [2.05, 4.69) is 22.6 Å². The number of halogens is 1. The highest BCUT2D eigenvalue weighted by molar-refractivity contribution is 14.1. The maximum absolute atomic E-state index is 10.6. The molecule has 0 bridgehead atoms. The Morgan fingerprint density at radius 3 is 2.88 bits per heavy atom. The normalized spacial score (nSPS) is 29.6. The molecule has 1 unspecified atom stereocenters. The van der Waals surface area contributed by atoms with Gasteiger partial charge >= 0.3 is 5.97 Å². The van der Waals surface area contributed by atoms with Crippen LogP contribution < -0.4 is 0 Å². The summed E-state index contributed by atoms with van der Waals surface area (Å²) in [5.74, 6) is -0.0446. The number of esters is 1. The molecule has 46 valence electrons. The van der Waals surface area contributed by atoms with Gasteiger partial charge in [0, 0.05) is 0 Å². The van der Waals surface area contributed by atoms with Gasteiger partial charge in [0.2, 0.25) is 0 Å². The third kappa shape index (κ3) is 1.34. The number of alkyl halides is 1. The van der Waals surface area contributed by atoms with Crippen LogP contribution in [0.1, 0.15) is 12.8 Å². The molecule has 1 saturated heterocycles. The van der Waals surface area contributed by atoms with Crippen molar-refractivity contribution in [2.75, 3.05) is 6.61 Å². The standard InChI is InChI=1S/C5H7IO2/c6-4-2-1-3-8-5(4)7/h4H,1-3H2. The fourth-order valence-electron chi connectivity index (χ4n) is 0.644. The molecule has 1 fully saturated rings. The number of hydrogen-bond acceptors (Lipinski definition) is 2. The van der Waals surface area contributed by atoms with Gasteiger partial charge in [-0.2, -0.15) is 0 Å². The zero-order valence-electron chi connectivity index (χ0n) is 4.39. The highest BCUT2D eigenvalue weighted by atomic mass is 127. The second-order valence-electron chi connectivity index (χ2n) is 1.78. The van der Waals surface area contributed by atoms with Gasteiger partial charge in [-0.1, -0.05) is 22.6 Å². The van der Waals surface area contributed by atoms with Crippen LogP contribution in [-0.2, 0) is 9.53 Å². The summed E-state index contributed by atoms with van der Waals surface area (Å²) in [6.07, 6.45) is 2.01. The van der Waals surface area contributed by atoms with E-state index >= 15 is 0 Å². The highest BCUT2D eigenvalue weighted by Gasteiger charge is 2.19. The Hall–Kier alpha value is 0.200. The van der Waals surface area contributed by atoms with Crippen molar-refractivity contribution in [1.82, 2.24) is 0 Å². The van der Waals surface area contributed by atoms with E-state index in [1.807, 2.05) is 0 Å². The summed E-state index contributed by atoms with van der Waals surface area (Å²) < 4.78 is 4.86. The third-order valence-corrected chi connectivity index (χ3v) is 2.23. The average Bonchev–Trinajstić information content (AvgIpc) is 1.77. The number of hydrogen-bond donors (Lipinski definition) is 0. The molecule has 0 saturated carbocycles. The molecule has 1 atom stereocenters. The monoisotopic (exact) mass is 226 g/mol. The number of ether oxygens (including phenoxy) is 1. The van der Waals surface area contributed by atoms with E-state index in [1.54, 1.807) is 0 Å². The second-order valence-corrected chi connectivity index (χ2v) is 3.28. The first-order valence-corrected chi connectivity index (χ1v) is 3.86. The van der Waals surface area contributed by atoms with Gasteiger partial charge in [0.1, 0.15) is 3.92 Å². The van der Waals surface area contributed by atoms with Crippen molar-refractivity contribution in [2.24, 2.45) is 0 Å². The third-order valence-electron chi connectivity index (χ3n) is 1.10. The zero-order chi connectivity index (χ0) is 5.98. The number of carbonyl (C=O) groups excluding carboxylic acids is 1. The second kappa shape index (κ2) is 2.66.